The van der Waals surface area contributed by atoms with Crippen LogP contribution in [0.2, 0.25) is 5.02 Å². The molecule has 0 aromatic heterocycles. The van der Waals surface area contributed by atoms with Crippen LogP contribution in [0.5, 0.6) is 0 Å². The van der Waals surface area contributed by atoms with Gasteiger partial charge in [-0.05, 0) is 17.7 Å². The highest BCUT2D eigenvalue weighted by Gasteiger charge is 2.33. The predicted molar refractivity (Wildman–Crippen MR) is 71.5 cm³/mol. The molecular weight excluding hydrogens is 274 g/mol. The van der Waals surface area contributed by atoms with E-state index in [1.807, 2.05) is 18.2 Å². The highest BCUT2D eigenvalue weighted by atomic mass is 35.5. The van der Waals surface area contributed by atoms with E-state index in [4.69, 9.17) is 16.7 Å². The van der Waals surface area contributed by atoms with E-state index in [-0.39, 0.29) is 24.4 Å². The third-order valence-electron chi connectivity index (χ3n) is 2.72. The number of aliphatic hydroxyl groups is 2. The molecule has 0 saturated carbocycles. The minimum atomic E-state index is -0.908. The number of halogens is 1. The number of hydrogen-bond donors (Lipinski definition) is 2. The molecule has 0 radical (unpaired) electrons. The molecule has 0 bridgehead atoms. The van der Waals surface area contributed by atoms with Crippen LogP contribution in [-0.4, -0.2) is 46.0 Å². The van der Waals surface area contributed by atoms with Crippen LogP contribution < -0.4 is 0 Å². The summed E-state index contributed by atoms with van der Waals surface area (Å²) in [5, 5.41) is 18.8. The molecule has 1 aromatic carbocycles. The largest absolute Gasteiger partial charge is 0.394 e. The molecule has 18 heavy (non-hydrogen) atoms. The van der Waals surface area contributed by atoms with Crippen molar-refractivity contribution in [3.05, 3.63) is 34.9 Å². The molecule has 2 N–H and O–H groups in total. The number of rotatable bonds is 4. The molecule has 1 saturated heterocycles. The second kappa shape index (κ2) is 5.93. The zero-order valence-electron chi connectivity index (χ0n) is 9.62. The molecule has 1 fully saturated rings. The van der Waals surface area contributed by atoms with Gasteiger partial charge >= 0.3 is 0 Å². The SMILES string of the molecule is O=C1CSC(c2cccc(Cl)c2)N1C[C@H](O)CO. The monoisotopic (exact) mass is 287 g/mol. The molecule has 1 heterocycles. The Morgan fingerprint density at radius 1 is 1.56 bits per heavy atom. The smallest absolute Gasteiger partial charge is 0.233 e. The maximum atomic E-state index is 11.8. The Kier molecular flexibility index (Phi) is 4.50. The number of aliphatic hydroxyl groups excluding tert-OH is 2. The van der Waals surface area contributed by atoms with Gasteiger partial charge in [-0.25, -0.2) is 0 Å². The van der Waals surface area contributed by atoms with Crippen molar-refractivity contribution in [2.45, 2.75) is 11.5 Å². The molecule has 1 aromatic rings. The molecule has 2 rings (SSSR count). The van der Waals surface area contributed by atoms with Gasteiger partial charge in [0.25, 0.3) is 0 Å². The van der Waals surface area contributed by atoms with Gasteiger partial charge in [0.05, 0.1) is 25.0 Å². The molecule has 1 aliphatic heterocycles. The van der Waals surface area contributed by atoms with E-state index < -0.39 is 6.10 Å². The predicted octanol–water partition coefficient (Wildman–Crippen LogP) is 1.27. The number of nitrogens with zero attached hydrogens (tertiary/aromatic N) is 1. The van der Waals surface area contributed by atoms with Crippen molar-refractivity contribution >= 4 is 29.3 Å². The quantitative estimate of drug-likeness (QED) is 0.875. The minimum absolute atomic E-state index is 0.0301. The van der Waals surface area contributed by atoms with Gasteiger partial charge in [-0.15, -0.1) is 11.8 Å². The summed E-state index contributed by atoms with van der Waals surface area (Å²) in [7, 11) is 0. The van der Waals surface area contributed by atoms with Crippen LogP contribution in [0.1, 0.15) is 10.9 Å². The van der Waals surface area contributed by atoms with Gasteiger partial charge in [0.2, 0.25) is 5.91 Å². The summed E-state index contributed by atoms with van der Waals surface area (Å²) in [4.78, 5) is 13.4. The molecule has 98 valence electrons. The van der Waals surface area contributed by atoms with Crippen LogP contribution in [0.4, 0.5) is 0 Å². The fourth-order valence-corrected chi connectivity index (χ4v) is 3.26. The van der Waals surface area contributed by atoms with Crippen LogP contribution in [0.15, 0.2) is 24.3 Å². The lowest BCUT2D eigenvalue weighted by atomic mass is 10.2. The van der Waals surface area contributed by atoms with Gasteiger partial charge < -0.3 is 15.1 Å². The van der Waals surface area contributed by atoms with E-state index in [0.29, 0.717) is 10.8 Å². The van der Waals surface area contributed by atoms with E-state index in [1.165, 1.54) is 11.8 Å². The Bertz CT molecular complexity index is 443. The first kappa shape index (κ1) is 13.7. The molecule has 1 aliphatic rings. The maximum Gasteiger partial charge on any atom is 0.233 e. The van der Waals surface area contributed by atoms with Crippen molar-refractivity contribution in [1.82, 2.24) is 4.90 Å². The lowest BCUT2D eigenvalue weighted by molar-refractivity contribution is -0.129. The van der Waals surface area contributed by atoms with Gasteiger partial charge in [0, 0.05) is 5.02 Å². The van der Waals surface area contributed by atoms with Crippen LogP contribution in [0, 0.1) is 0 Å². The fraction of sp³-hybridized carbons (Fsp3) is 0.417. The second-order valence-corrected chi connectivity index (χ2v) is 5.61. The Morgan fingerprint density at radius 2 is 2.33 bits per heavy atom. The van der Waals surface area contributed by atoms with Gasteiger partial charge in [0.1, 0.15) is 5.37 Å². The van der Waals surface area contributed by atoms with Crippen LogP contribution in [0.25, 0.3) is 0 Å². The van der Waals surface area contributed by atoms with Gasteiger partial charge in [-0.1, -0.05) is 23.7 Å². The zero-order valence-corrected chi connectivity index (χ0v) is 11.2. The van der Waals surface area contributed by atoms with Gasteiger partial charge in [-0.3, -0.25) is 4.79 Å². The number of carbonyl (C=O) groups excluding carboxylic acids is 1. The summed E-state index contributed by atoms with van der Waals surface area (Å²) in [5.74, 6) is 0.354. The number of benzene rings is 1. The summed E-state index contributed by atoms with van der Waals surface area (Å²) in [6.07, 6.45) is -0.908. The Morgan fingerprint density at radius 3 is 3.00 bits per heavy atom. The van der Waals surface area contributed by atoms with E-state index in [1.54, 1.807) is 11.0 Å². The summed E-state index contributed by atoms with van der Waals surface area (Å²) in [6.45, 7) is -0.212. The van der Waals surface area contributed by atoms with Crippen molar-refractivity contribution < 1.29 is 15.0 Å². The average Bonchev–Trinajstić information content (AvgIpc) is 2.71. The summed E-state index contributed by atoms with van der Waals surface area (Å²) < 4.78 is 0. The van der Waals surface area contributed by atoms with E-state index in [9.17, 15) is 9.90 Å². The van der Waals surface area contributed by atoms with Crippen molar-refractivity contribution in [1.29, 1.82) is 0 Å². The standard InChI is InChI=1S/C12H14ClNO3S/c13-9-3-1-2-8(4-9)12-14(5-10(16)6-15)11(17)7-18-12/h1-4,10,12,15-16H,5-7H2/t10-,12?/m0/s1. The Hall–Kier alpha value is -0.750. The van der Waals surface area contributed by atoms with Gasteiger partial charge in [-0.2, -0.15) is 0 Å². The van der Waals surface area contributed by atoms with Crippen LogP contribution in [0.3, 0.4) is 0 Å². The number of β-amino-alcohol motifs (C(OH)–C–C–N with tert-alkyl or cyclic N) is 1. The van der Waals surface area contributed by atoms with Gasteiger partial charge in [0.15, 0.2) is 0 Å². The number of amides is 1. The molecule has 0 aliphatic carbocycles. The van der Waals surface area contributed by atoms with Crippen molar-refractivity contribution in [2.75, 3.05) is 18.9 Å². The number of thioether (sulfide) groups is 1. The highest BCUT2D eigenvalue weighted by Crippen LogP contribution is 2.39. The molecule has 2 atom stereocenters. The highest BCUT2D eigenvalue weighted by molar-refractivity contribution is 8.00. The third kappa shape index (κ3) is 2.98. The normalized spacial score (nSPS) is 21.4. The lowest BCUT2D eigenvalue weighted by Gasteiger charge is -2.26. The average molecular weight is 288 g/mol. The Balaban J connectivity index is 2.18. The molecule has 1 unspecified atom stereocenters. The maximum absolute atomic E-state index is 11.8. The van der Waals surface area contributed by atoms with Crippen molar-refractivity contribution in [3.63, 3.8) is 0 Å². The molecule has 4 nitrogen and oxygen atoms in total. The molecule has 1 amide bonds. The summed E-state index contributed by atoms with van der Waals surface area (Å²) in [5.41, 5.74) is 0.934. The van der Waals surface area contributed by atoms with Crippen molar-refractivity contribution in [3.8, 4) is 0 Å². The second-order valence-electron chi connectivity index (χ2n) is 4.10. The van der Waals surface area contributed by atoms with Crippen molar-refractivity contribution in [2.24, 2.45) is 0 Å². The summed E-state index contributed by atoms with van der Waals surface area (Å²) >= 11 is 7.44. The number of hydrogen-bond acceptors (Lipinski definition) is 4. The van der Waals surface area contributed by atoms with E-state index in [2.05, 4.69) is 0 Å². The molecule has 0 spiro atoms. The third-order valence-corrected chi connectivity index (χ3v) is 4.21. The molecule has 6 heteroatoms. The topological polar surface area (TPSA) is 60.8 Å². The first-order chi connectivity index (χ1) is 8.61. The fourth-order valence-electron chi connectivity index (χ4n) is 1.87. The molecular formula is C12H14ClNO3S. The Labute approximate surface area is 115 Å². The lowest BCUT2D eigenvalue weighted by Crippen LogP contribution is -2.37. The van der Waals surface area contributed by atoms with E-state index >= 15 is 0 Å². The zero-order chi connectivity index (χ0) is 13.1. The van der Waals surface area contributed by atoms with E-state index in [0.717, 1.165) is 5.56 Å². The minimum Gasteiger partial charge on any atom is -0.394 e. The summed E-state index contributed by atoms with van der Waals surface area (Å²) in [6, 6.07) is 7.33. The number of carbonyl (C=O) groups is 1. The van der Waals surface area contributed by atoms with Crippen LogP contribution >= 0.6 is 23.4 Å². The van der Waals surface area contributed by atoms with Crippen LogP contribution in [-0.2, 0) is 4.79 Å². The first-order valence-corrected chi connectivity index (χ1v) is 7.00. The first-order valence-electron chi connectivity index (χ1n) is 5.57.